The third-order valence-electron chi connectivity index (χ3n) is 3.29. The van der Waals surface area contributed by atoms with Crippen molar-refractivity contribution in [3.8, 4) is 10.4 Å². The van der Waals surface area contributed by atoms with Crippen LogP contribution in [0.3, 0.4) is 0 Å². The first-order chi connectivity index (χ1) is 10.2. The van der Waals surface area contributed by atoms with Crippen LogP contribution in [0.1, 0.15) is 20.8 Å². The fourth-order valence-corrected chi connectivity index (χ4v) is 3.20. The molecule has 0 spiro atoms. The van der Waals surface area contributed by atoms with E-state index in [2.05, 4.69) is 11.1 Å². The van der Waals surface area contributed by atoms with Gasteiger partial charge in [-0.3, -0.25) is 9.78 Å². The Morgan fingerprint density at radius 3 is 2.67 bits per heavy atom. The van der Waals surface area contributed by atoms with Crippen LogP contribution in [-0.2, 0) is 6.42 Å². The van der Waals surface area contributed by atoms with Gasteiger partial charge in [-0.05, 0) is 42.3 Å². The molecule has 104 valence electrons. The minimum atomic E-state index is 0.172. The number of aryl methyl sites for hydroxylation is 1. The average Bonchev–Trinajstić information content (AvgIpc) is 2.98. The second-order valence-corrected chi connectivity index (χ2v) is 6.07. The summed E-state index contributed by atoms with van der Waals surface area (Å²) in [6, 6.07) is 15.9. The first kappa shape index (κ1) is 13.7. The molecule has 3 rings (SSSR count). The highest BCUT2D eigenvalue weighted by molar-refractivity contribution is 7.17. The first-order valence-corrected chi connectivity index (χ1v) is 7.63. The molecule has 2 aromatic heterocycles. The minimum absolute atomic E-state index is 0.172. The number of Topliss-reactive ketones (excluding diaryl/α,β-unsaturated/α-hetero) is 1. The van der Waals surface area contributed by atoms with E-state index in [0.717, 1.165) is 20.9 Å². The summed E-state index contributed by atoms with van der Waals surface area (Å²) in [5, 5.41) is 0. The van der Waals surface area contributed by atoms with Crippen molar-refractivity contribution in [3.05, 3.63) is 76.9 Å². The fraction of sp³-hybridized carbons (Fsp3) is 0.111. The van der Waals surface area contributed by atoms with Gasteiger partial charge in [0, 0.05) is 23.7 Å². The van der Waals surface area contributed by atoms with Crippen LogP contribution in [0.25, 0.3) is 10.4 Å². The van der Waals surface area contributed by atoms with Crippen LogP contribution < -0.4 is 0 Å². The van der Waals surface area contributed by atoms with Crippen LogP contribution >= 0.6 is 11.3 Å². The molecule has 2 heterocycles. The molecule has 0 saturated carbocycles. The smallest absolute Gasteiger partial charge is 0.177 e. The van der Waals surface area contributed by atoms with Crippen LogP contribution in [0.5, 0.6) is 0 Å². The lowest BCUT2D eigenvalue weighted by atomic mass is 10.1. The van der Waals surface area contributed by atoms with E-state index in [0.29, 0.717) is 6.42 Å². The van der Waals surface area contributed by atoms with Gasteiger partial charge in [-0.1, -0.05) is 29.8 Å². The Bertz CT molecular complexity index is 762. The second-order valence-electron chi connectivity index (χ2n) is 4.99. The SMILES string of the molecule is Cc1cccc(CC(=O)c2ccc(-c3ccncc3)s2)c1. The highest BCUT2D eigenvalue weighted by Gasteiger charge is 2.11. The average molecular weight is 293 g/mol. The normalized spacial score (nSPS) is 10.5. The lowest BCUT2D eigenvalue weighted by Crippen LogP contribution is -2.01. The van der Waals surface area contributed by atoms with Gasteiger partial charge in [0.1, 0.15) is 0 Å². The van der Waals surface area contributed by atoms with Crippen LogP contribution in [0.4, 0.5) is 0 Å². The molecule has 0 aliphatic rings. The summed E-state index contributed by atoms with van der Waals surface area (Å²) in [6.45, 7) is 2.04. The van der Waals surface area contributed by atoms with Crippen molar-refractivity contribution in [1.82, 2.24) is 4.98 Å². The number of carbonyl (C=O) groups is 1. The molecule has 2 nitrogen and oxygen atoms in total. The van der Waals surface area contributed by atoms with Crippen molar-refractivity contribution in [2.24, 2.45) is 0 Å². The molecular weight excluding hydrogens is 278 g/mol. The molecule has 0 bridgehead atoms. The number of ketones is 1. The van der Waals surface area contributed by atoms with Gasteiger partial charge in [0.15, 0.2) is 5.78 Å². The Kier molecular flexibility index (Phi) is 3.93. The number of hydrogen-bond acceptors (Lipinski definition) is 3. The van der Waals surface area contributed by atoms with Crippen molar-refractivity contribution in [3.63, 3.8) is 0 Å². The predicted molar refractivity (Wildman–Crippen MR) is 86.8 cm³/mol. The van der Waals surface area contributed by atoms with Crippen molar-refractivity contribution < 1.29 is 4.79 Å². The molecule has 0 radical (unpaired) electrons. The quantitative estimate of drug-likeness (QED) is 0.661. The largest absolute Gasteiger partial charge is 0.293 e. The third kappa shape index (κ3) is 3.26. The summed E-state index contributed by atoms with van der Waals surface area (Å²) in [4.78, 5) is 18.3. The van der Waals surface area contributed by atoms with Gasteiger partial charge in [-0.25, -0.2) is 0 Å². The van der Waals surface area contributed by atoms with Crippen LogP contribution in [-0.4, -0.2) is 10.8 Å². The zero-order chi connectivity index (χ0) is 14.7. The van der Waals surface area contributed by atoms with E-state index < -0.39 is 0 Å². The molecule has 0 aliphatic heterocycles. The lowest BCUT2D eigenvalue weighted by Gasteiger charge is -2.00. The van der Waals surface area contributed by atoms with Gasteiger partial charge in [-0.2, -0.15) is 0 Å². The Hall–Kier alpha value is -2.26. The molecule has 0 fully saturated rings. The van der Waals surface area contributed by atoms with E-state index in [1.54, 1.807) is 23.7 Å². The Balaban J connectivity index is 1.78. The van der Waals surface area contributed by atoms with Gasteiger partial charge < -0.3 is 0 Å². The standard InChI is InChI=1S/C18H15NOS/c1-13-3-2-4-14(11-13)12-16(20)18-6-5-17(21-18)15-7-9-19-10-8-15/h2-11H,12H2,1H3. The van der Waals surface area contributed by atoms with E-state index in [-0.39, 0.29) is 5.78 Å². The molecule has 3 heteroatoms. The van der Waals surface area contributed by atoms with Gasteiger partial charge in [0.25, 0.3) is 0 Å². The molecule has 0 amide bonds. The Labute approximate surface area is 128 Å². The monoisotopic (exact) mass is 293 g/mol. The molecule has 0 unspecified atom stereocenters. The molecule has 21 heavy (non-hydrogen) atoms. The number of pyridine rings is 1. The number of aromatic nitrogens is 1. The van der Waals surface area contributed by atoms with Crippen LogP contribution in [0.2, 0.25) is 0 Å². The topological polar surface area (TPSA) is 30.0 Å². The molecule has 1 aromatic carbocycles. The summed E-state index contributed by atoms with van der Waals surface area (Å²) in [5.41, 5.74) is 3.35. The van der Waals surface area contributed by atoms with Crippen molar-refractivity contribution in [2.45, 2.75) is 13.3 Å². The van der Waals surface area contributed by atoms with Gasteiger partial charge in [0.05, 0.1) is 4.88 Å². The van der Waals surface area contributed by atoms with Crippen molar-refractivity contribution in [1.29, 1.82) is 0 Å². The van der Waals surface area contributed by atoms with Crippen LogP contribution in [0.15, 0.2) is 60.9 Å². The summed E-state index contributed by atoms with van der Waals surface area (Å²) < 4.78 is 0. The van der Waals surface area contributed by atoms with Crippen molar-refractivity contribution in [2.75, 3.05) is 0 Å². The molecule has 0 atom stereocenters. The summed E-state index contributed by atoms with van der Waals surface area (Å²) in [5.74, 6) is 0.172. The number of nitrogens with zero attached hydrogens (tertiary/aromatic N) is 1. The fourth-order valence-electron chi connectivity index (χ4n) is 2.25. The number of rotatable bonds is 4. The summed E-state index contributed by atoms with van der Waals surface area (Å²) in [6.07, 6.45) is 3.99. The Morgan fingerprint density at radius 1 is 1.10 bits per heavy atom. The maximum atomic E-state index is 12.4. The highest BCUT2D eigenvalue weighted by Crippen LogP contribution is 2.28. The van der Waals surface area contributed by atoms with E-state index in [1.165, 1.54) is 5.56 Å². The number of benzene rings is 1. The molecule has 3 aromatic rings. The van der Waals surface area contributed by atoms with Gasteiger partial charge in [0.2, 0.25) is 0 Å². The number of hydrogen-bond donors (Lipinski definition) is 0. The zero-order valence-electron chi connectivity index (χ0n) is 11.7. The Morgan fingerprint density at radius 2 is 1.90 bits per heavy atom. The van der Waals surface area contributed by atoms with E-state index in [4.69, 9.17) is 0 Å². The number of thiophene rings is 1. The van der Waals surface area contributed by atoms with E-state index >= 15 is 0 Å². The number of carbonyl (C=O) groups excluding carboxylic acids is 1. The second kappa shape index (κ2) is 6.02. The highest BCUT2D eigenvalue weighted by atomic mass is 32.1. The predicted octanol–water partition coefficient (Wildman–Crippen LogP) is 4.54. The van der Waals surface area contributed by atoms with Crippen LogP contribution in [0, 0.1) is 6.92 Å². The van der Waals surface area contributed by atoms with Gasteiger partial charge >= 0.3 is 0 Å². The molecule has 0 saturated heterocycles. The summed E-state index contributed by atoms with van der Waals surface area (Å²) in [7, 11) is 0. The maximum absolute atomic E-state index is 12.4. The minimum Gasteiger partial charge on any atom is -0.293 e. The zero-order valence-corrected chi connectivity index (χ0v) is 12.6. The third-order valence-corrected chi connectivity index (χ3v) is 4.47. The van der Waals surface area contributed by atoms with E-state index in [1.807, 2.05) is 49.4 Å². The van der Waals surface area contributed by atoms with Crippen molar-refractivity contribution >= 4 is 17.1 Å². The maximum Gasteiger partial charge on any atom is 0.177 e. The molecular formula is C18H15NOS. The molecule has 0 N–H and O–H groups in total. The first-order valence-electron chi connectivity index (χ1n) is 6.81. The van der Waals surface area contributed by atoms with Gasteiger partial charge in [-0.15, -0.1) is 11.3 Å². The lowest BCUT2D eigenvalue weighted by molar-refractivity contribution is 0.0997. The van der Waals surface area contributed by atoms with E-state index in [9.17, 15) is 4.79 Å². The molecule has 0 aliphatic carbocycles. The summed E-state index contributed by atoms with van der Waals surface area (Å²) >= 11 is 1.54.